The fourth-order valence-corrected chi connectivity index (χ4v) is 2.29. The lowest BCUT2D eigenvalue weighted by molar-refractivity contribution is 0.0600. The second-order valence-electron chi connectivity index (χ2n) is 4.88. The molecule has 3 nitrogen and oxygen atoms in total. The van der Waals surface area contributed by atoms with Gasteiger partial charge in [-0.1, -0.05) is 32.9 Å². The summed E-state index contributed by atoms with van der Waals surface area (Å²) in [5, 5.41) is 3.65. The molecule has 1 rings (SSSR count). The van der Waals surface area contributed by atoms with Crippen molar-refractivity contribution in [2.24, 2.45) is 0 Å². The van der Waals surface area contributed by atoms with Crippen LogP contribution in [0.2, 0.25) is 0 Å². The van der Waals surface area contributed by atoms with Gasteiger partial charge in [-0.05, 0) is 37.0 Å². The van der Waals surface area contributed by atoms with Crippen molar-refractivity contribution in [2.75, 3.05) is 7.11 Å². The zero-order chi connectivity index (χ0) is 14.3. The van der Waals surface area contributed by atoms with Crippen LogP contribution in [-0.2, 0) is 11.3 Å². The first kappa shape index (κ1) is 15.7. The third kappa shape index (κ3) is 4.06. The van der Waals surface area contributed by atoms with Gasteiger partial charge in [-0.2, -0.15) is 0 Å². The van der Waals surface area contributed by atoms with Crippen LogP contribution in [0, 0.1) is 0 Å². The fourth-order valence-electron chi connectivity index (χ4n) is 2.29. The Balaban J connectivity index is 2.66. The van der Waals surface area contributed by atoms with Crippen LogP contribution < -0.4 is 5.32 Å². The highest BCUT2D eigenvalue weighted by Gasteiger charge is 2.22. The van der Waals surface area contributed by atoms with Crippen LogP contribution in [-0.4, -0.2) is 18.6 Å². The van der Waals surface area contributed by atoms with E-state index in [-0.39, 0.29) is 11.5 Å². The van der Waals surface area contributed by atoms with Gasteiger partial charge in [0.1, 0.15) is 0 Å². The minimum atomic E-state index is -0.287. The van der Waals surface area contributed by atoms with Crippen molar-refractivity contribution in [1.29, 1.82) is 0 Å². The number of methoxy groups -OCH3 is 1. The fraction of sp³-hybridized carbons (Fsp3) is 0.562. The van der Waals surface area contributed by atoms with Crippen molar-refractivity contribution < 1.29 is 9.53 Å². The zero-order valence-corrected chi connectivity index (χ0v) is 12.5. The molecule has 3 heteroatoms. The number of carbonyl (C=O) groups excluding carboxylic acids is 1. The van der Waals surface area contributed by atoms with E-state index in [1.165, 1.54) is 12.7 Å². The first-order valence-electron chi connectivity index (χ1n) is 7.03. The van der Waals surface area contributed by atoms with Crippen molar-refractivity contribution in [3.63, 3.8) is 0 Å². The van der Waals surface area contributed by atoms with E-state index in [1.54, 1.807) is 0 Å². The van der Waals surface area contributed by atoms with Crippen LogP contribution >= 0.6 is 0 Å². The number of hydrogen-bond donors (Lipinski definition) is 1. The second kappa shape index (κ2) is 7.29. The van der Waals surface area contributed by atoms with Crippen molar-refractivity contribution in [1.82, 2.24) is 5.32 Å². The number of carbonyl (C=O) groups is 1. The van der Waals surface area contributed by atoms with Gasteiger partial charge in [0.15, 0.2) is 0 Å². The average molecular weight is 263 g/mol. The second-order valence-corrected chi connectivity index (χ2v) is 4.88. The Hall–Kier alpha value is -1.35. The summed E-state index contributed by atoms with van der Waals surface area (Å²) in [4.78, 5) is 11.3. The predicted octanol–water partition coefficient (Wildman–Crippen LogP) is 3.53. The Kier molecular flexibility index (Phi) is 6.03. The summed E-state index contributed by atoms with van der Waals surface area (Å²) in [6.45, 7) is 7.50. The minimum Gasteiger partial charge on any atom is -0.465 e. The summed E-state index contributed by atoms with van der Waals surface area (Å²) in [6.07, 6.45) is 3.38. The third-order valence-corrected chi connectivity index (χ3v) is 4.07. The lowest BCUT2D eigenvalue weighted by Gasteiger charge is -2.32. The van der Waals surface area contributed by atoms with Crippen molar-refractivity contribution in [3.8, 4) is 0 Å². The van der Waals surface area contributed by atoms with E-state index >= 15 is 0 Å². The van der Waals surface area contributed by atoms with Gasteiger partial charge in [-0.25, -0.2) is 4.79 Å². The molecule has 0 heterocycles. The number of esters is 1. The molecule has 1 aromatic rings. The Bertz CT molecular complexity index is 385. The molecule has 0 radical (unpaired) electrons. The summed E-state index contributed by atoms with van der Waals surface area (Å²) in [7, 11) is 1.40. The van der Waals surface area contributed by atoms with Crippen LogP contribution in [0.3, 0.4) is 0 Å². The Labute approximate surface area is 116 Å². The van der Waals surface area contributed by atoms with Crippen molar-refractivity contribution in [2.45, 2.75) is 52.1 Å². The number of ether oxygens (including phenoxy) is 1. The van der Waals surface area contributed by atoms with Gasteiger partial charge in [0.2, 0.25) is 0 Å². The van der Waals surface area contributed by atoms with Gasteiger partial charge in [0, 0.05) is 12.1 Å². The number of nitrogens with one attached hydrogen (secondary N) is 1. The maximum atomic E-state index is 11.3. The van der Waals surface area contributed by atoms with E-state index in [1.807, 2.05) is 24.3 Å². The van der Waals surface area contributed by atoms with E-state index in [0.717, 1.165) is 25.8 Å². The lowest BCUT2D eigenvalue weighted by Crippen LogP contribution is -2.43. The van der Waals surface area contributed by atoms with Crippen molar-refractivity contribution >= 4 is 5.97 Å². The normalized spacial score (nSPS) is 11.4. The number of hydrogen-bond acceptors (Lipinski definition) is 3. The van der Waals surface area contributed by atoms with Gasteiger partial charge in [-0.15, -0.1) is 0 Å². The quantitative estimate of drug-likeness (QED) is 0.765. The largest absolute Gasteiger partial charge is 0.465 e. The Morgan fingerprint density at radius 2 is 1.63 bits per heavy atom. The van der Waals surface area contributed by atoms with E-state index in [4.69, 9.17) is 0 Å². The molecule has 0 fully saturated rings. The maximum Gasteiger partial charge on any atom is 0.337 e. The van der Waals surface area contributed by atoms with Crippen LogP contribution in [0.1, 0.15) is 56.0 Å². The number of rotatable bonds is 7. The minimum absolute atomic E-state index is 0.223. The molecule has 0 saturated carbocycles. The van der Waals surface area contributed by atoms with Crippen LogP contribution in [0.5, 0.6) is 0 Å². The summed E-state index contributed by atoms with van der Waals surface area (Å²) >= 11 is 0. The van der Waals surface area contributed by atoms with Gasteiger partial charge in [0.05, 0.1) is 12.7 Å². The standard InChI is InChI=1S/C16H25NO2/c1-5-16(6-2,7-3)17-12-13-8-10-14(11-9-13)15(18)19-4/h8-11,17H,5-7,12H2,1-4H3. The molecular weight excluding hydrogens is 238 g/mol. The highest BCUT2D eigenvalue weighted by molar-refractivity contribution is 5.89. The lowest BCUT2D eigenvalue weighted by atomic mass is 9.89. The molecule has 0 bridgehead atoms. The van der Waals surface area contributed by atoms with Gasteiger partial charge < -0.3 is 10.1 Å². The zero-order valence-electron chi connectivity index (χ0n) is 12.5. The third-order valence-electron chi connectivity index (χ3n) is 4.07. The Morgan fingerprint density at radius 3 is 2.05 bits per heavy atom. The smallest absolute Gasteiger partial charge is 0.337 e. The van der Waals surface area contributed by atoms with E-state index < -0.39 is 0 Å². The van der Waals surface area contributed by atoms with E-state index in [2.05, 4.69) is 30.8 Å². The van der Waals surface area contributed by atoms with Gasteiger partial charge in [-0.3, -0.25) is 0 Å². The predicted molar refractivity (Wildman–Crippen MR) is 78.2 cm³/mol. The maximum absolute atomic E-state index is 11.3. The van der Waals surface area contributed by atoms with Crippen LogP contribution in [0.15, 0.2) is 24.3 Å². The Morgan fingerprint density at radius 1 is 1.11 bits per heavy atom. The molecule has 0 aromatic heterocycles. The molecule has 0 unspecified atom stereocenters. The molecular formula is C16H25NO2. The molecule has 0 spiro atoms. The molecule has 0 saturated heterocycles. The molecule has 0 amide bonds. The molecule has 0 aliphatic carbocycles. The first-order chi connectivity index (χ1) is 9.10. The molecule has 1 N–H and O–H groups in total. The van der Waals surface area contributed by atoms with Gasteiger partial charge in [0.25, 0.3) is 0 Å². The summed E-state index contributed by atoms with van der Waals surface area (Å²) in [5.41, 5.74) is 2.01. The molecule has 106 valence electrons. The highest BCUT2D eigenvalue weighted by atomic mass is 16.5. The highest BCUT2D eigenvalue weighted by Crippen LogP contribution is 2.20. The van der Waals surface area contributed by atoms with Crippen LogP contribution in [0.4, 0.5) is 0 Å². The van der Waals surface area contributed by atoms with E-state index in [9.17, 15) is 4.79 Å². The van der Waals surface area contributed by atoms with Gasteiger partial charge >= 0.3 is 5.97 Å². The summed E-state index contributed by atoms with van der Waals surface area (Å²) in [5.74, 6) is -0.287. The topological polar surface area (TPSA) is 38.3 Å². The summed E-state index contributed by atoms with van der Waals surface area (Å²) < 4.78 is 4.69. The SMILES string of the molecule is CCC(CC)(CC)NCc1ccc(C(=O)OC)cc1. The molecule has 0 aliphatic heterocycles. The molecule has 0 aliphatic rings. The molecule has 1 aromatic carbocycles. The average Bonchev–Trinajstić information content (AvgIpc) is 2.49. The monoisotopic (exact) mass is 263 g/mol. The number of benzene rings is 1. The molecule has 19 heavy (non-hydrogen) atoms. The first-order valence-corrected chi connectivity index (χ1v) is 7.03. The van der Waals surface area contributed by atoms with E-state index in [0.29, 0.717) is 5.56 Å². The van der Waals surface area contributed by atoms with Crippen LogP contribution in [0.25, 0.3) is 0 Å². The molecule has 0 atom stereocenters. The summed E-state index contributed by atoms with van der Waals surface area (Å²) in [6, 6.07) is 7.58. The van der Waals surface area contributed by atoms with Crippen molar-refractivity contribution in [3.05, 3.63) is 35.4 Å².